The lowest BCUT2D eigenvalue weighted by Crippen LogP contribution is -2.54. The highest BCUT2D eigenvalue weighted by atomic mass is 16.6. The molecule has 3 aromatic rings. The number of para-hydroxylation sites is 2. The fraction of sp³-hybridized carbons (Fsp3) is 0.316. The number of nitrogens with zero attached hydrogens (tertiary/aromatic N) is 7. The number of aromatic nitrogens is 5. The number of rotatable bonds is 3. The van der Waals surface area contributed by atoms with Gasteiger partial charge < -0.3 is 19.3 Å². The quantitative estimate of drug-likeness (QED) is 0.636. The molecule has 0 radical (unpaired) electrons. The molecule has 10 nitrogen and oxygen atoms in total. The van der Waals surface area contributed by atoms with Crippen LogP contribution in [0.15, 0.2) is 49.3 Å². The van der Waals surface area contributed by atoms with E-state index in [4.69, 9.17) is 9.47 Å². The van der Waals surface area contributed by atoms with Gasteiger partial charge in [0.05, 0.1) is 0 Å². The van der Waals surface area contributed by atoms with Gasteiger partial charge in [0, 0.05) is 32.2 Å². The molecular weight excluding hydrogens is 374 g/mol. The SMILES string of the molecule is O=C(C1COc2ccccc2O1)N1CCN(c2cc(-n3cncn3)ncn2)CC1. The molecule has 1 unspecified atom stereocenters. The maximum Gasteiger partial charge on any atom is 0.267 e. The predicted molar refractivity (Wildman–Crippen MR) is 102 cm³/mol. The fourth-order valence-corrected chi connectivity index (χ4v) is 3.46. The van der Waals surface area contributed by atoms with E-state index in [0.29, 0.717) is 43.5 Å². The van der Waals surface area contributed by atoms with E-state index in [2.05, 4.69) is 25.0 Å². The summed E-state index contributed by atoms with van der Waals surface area (Å²) in [5, 5.41) is 4.09. The molecule has 0 aliphatic carbocycles. The normalized spacial score (nSPS) is 18.6. The zero-order valence-corrected chi connectivity index (χ0v) is 15.6. The van der Waals surface area contributed by atoms with Gasteiger partial charge in [-0.3, -0.25) is 4.79 Å². The minimum atomic E-state index is -0.616. The third kappa shape index (κ3) is 3.44. The second kappa shape index (κ2) is 7.38. The van der Waals surface area contributed by atoms with Crippen LogP contribution >= 0.6 is 0 Å². The zero-order valence-electron chi connectivity index (χ0n) is 15.6. The smallest absolute Gasteiger partial charge is 0.267 e. The number of ether oxygens (including phenoxy) is 2. The number of carbonyl (C=O) groups is 1. The summed E-state index contributed by atoms with van der Waals surface area (Å²) in [7, 11) is 0. The van der Waals surface area contributed by atoms with Crippen LogP contribution in [0.25, 0.3) is 5.82 Å². The van der Waals surface area contributed by atoms with Gasteiger partial charge in [0.25, 0.3) is 5.91 Å². The van der Waals surface area contributed by atoms with Crippen LogP contribution < -0.4 is 14.4 Å². The summed E-state index contributed by atoms with van der Waals surface area (Å²) in [5.41, 5.74) is 0. The molecule has 148 valence electrons. The second-order valence-electron chi connectivity index (χ2n) is 6.75. The highest BCUT2D eigenvalue weighted by Gasteiger charge is 2.32. The Morgan fingerprint density at radius 1 is 1.00 bits per heavy atom. The van der Waals surface area contributed by atoms with Crippen molar-refractivity contribution in [1.82, 2.24) is 29.6 Å². The lowest BCUT2D eigenvalue weighted by atomic mass is 10.2. The van der Waals surface area contributed by atoms with Crippen molar-refractivity contribution in [2.24, 2.45) is 0 Å². The third-order valence-electron chi connectivity index (χ3n) is 4.99. The first-order valence-electron chi connectivity index (χ1n) is 9.37. The summed E-state index contributed by atoms with van der Waals surface area (Å²) < 4.78 is 13.1. The first-order chi connectivity index (χ1) is 14.3. The molecule has 4 heterocycles. The Kier molecular flexibility index (Phi) is 4.43. The van der Waals surface area contributed by atoms with Crippen molar-refractivity contribution in [3.05, 3.63) is 49.3 Å². The third-order valence-corrected chi connectivity index (χ3v) is 4.99. The number of fused-ring (bicyclic) bond motifs is 1. The highest BCUT2D eigenvalue weighted by Crippen LogP contribution is 2.31. The van der Waals surface area contributed by atoms with E-state index in [1.807, 2.05) is 35.2 Å². The van der Waals surface area contributed by atoms with Crippen molar-refractivity contribution in [2.45, 2.75) is 6.10 Å². The average molecular weight is 393 g/mol. The van der Waals surface area contributed by atoms with Crippen molar-refractivity contribution in [1.29, 1.82) is 0 Å². The molecule has 1 atom stereocenters. The maximum absolute atomic E-state index is 12.9. The van der Waals surface area contributed by atoms with E-state index < -0.39 is 6.10 Å². The van der Waals surface area contributed by atoms with Gasteiger partial charge in [-0.1, -0.05) is 12.1 Å². The van der Waals surface area contributed by atoms with E-state index in [9.17, 15) is 4.79 Å². The van der Waals surface area contributed by atoms with Gasteiger partial charge in [0.15, 0.2) is 17.3 Å². The van der Waals surface area contributed by atoms with Gasteiger partial charge in [-0.25, -0.2) is 19.6 Å². The van der Waals surface area contributed by atoms with Crippen molar-refractivity contribution >= 4 is 11.7 Å². The minimum absolute atomic E-state index is 0.0508. The molecule has 2 aliphatic heterocycles. The van der Waals surface area contributed by atoms with E-state index in [0.717, 1.165) is 5.82 Å². The molecular formula is C19H19N7O3. The van der Waals surface area contributed by atoms with Crippen molar-refractivity contribution in [3.63, 3.8) is 0 Å². The largest absolute Gasteiger partial charge is 0.485 e. The lowest BCUT2D eigenvalue weighted by Gasteiger charge is -2.37. The summed E-state index contributed by atoms with van der Waals surface area (Å²) >= 11 is 0. The minimum Gasteiger partial charge on any atom is -0.485 e. The standard InChI is InChI=1S/C19H19N7O3/c27-19(16-10-28-14-3-1-2-4-15(14)29-16)25-7-5-24(6-8-25)17-9-18(22-12-21-17)26-13-20-11-23-26/h1-4,9,11-13,16H,5-8,10H2. The summed E-state index contributed by atoms with van der Waals surface area (Å²) in [5.74, 6) is 2.68. The summed E-state index contributed by atoms with van der Waals surface area (Å²) in [6.07, 6.45) is 3.94. The first-order valence-corrected chi connectivity index (χ1v) is 9.37. The molecule has 0 spiro atoms. The van der Waals surface area contributed by atoms with Crippen LogP contribution in [-0.2, 0) is 4.79 Å². The molecule has 10 heteroatoms. The van der Waals surface area contributed by atoms with Crippen LogP contribution in [0.2, 0.25) is 0 Å². The molecule has 0 N–H and O–H groups in total. The molecule has 1 fully saturated rings. The molecule has 1 saturated heterocycles. The molecule has 5 rings (SSSR count). The Morgan fingerprint density at radius 2 is 1.79 bits per heavy atom. The van der Waals surface area contributed by atoms with Crippen LogP contribution in [-0.4, -0.2) is 74.4 Å². The average Bonchev–Trinajstić information content (AvgIpc) is 3.34. The summed E-state index contributed by atoms with van der Waals surface area (Å²) in [6, 6.07) is 9.26. The summed E-state index contributed by atoms with van der Waals surface area (Å²) in [4.78, 5) is 29.3. The molecule has 0 bridgehead atoms. The van der Waals surface area contributed by atoms with Crippen LogP contribution in [0, 0.1) is 0 Å². The van der Waals surface area contributed by atoms with Gasteiger partial charge in [0.1, 0.15) is 31.4 Å². The molecule has 1 amide bonds. The van der Waals surface area contributed by atoms with E-state index in [1.54, 1.807) is 11.0 Å². The molecule has 2 aliphatic rings. The van der Waals surface area contributed by atoms with E-state index in [1.165, 1.54) is 12.7 Å². The van der Waals surface area contributed by atoms with Gasteiger partial charge in [0.2, 0.25) is 6.10 Å². The van der Waals surface area contributed by atoms with Crippen LogP contribution in [0.5, 0.6) is 11.5 Å². The Bertz CT molecular complexity index is 1000. The molecule has 2 aromatic heterocycles. The van der Waals surface area contributed by atoms with Gasteiger partial charge in [-0.05, 0) is 12.1 Å². The Balaban J connectivity index is 1.22. The number of piperazine rings is 1. The Morgan fingerprint density at radius 3 is 2.59 bits per heavy atom. The lowest BCUT2D eigenvalue weighted by molar-refractivity contribution is -0.141. The number of hydrogen-bond acceptors (Lipinski definition) is 8. The van der Waals surface area contributed by atoms with E-state index in [-0.39, 0.29) is 12.5 Å². The van der Waals surface area contributed by atoms with Crippen molar-refractivity contribution < 1.29 is 14.3 Å². The van der Waals surface area contributed by atoms with Crippen LogP contribution in [0.4, 0.5) is 5.82 Å². The first kappa shape index (κ1) is 17.4. The highest BCUT2D eigenvalue weighted by molar-refractivity contribution is 5.82. The van der Waals surface area contributed by atoms with Gasteiger partial charge in [-0.2, -0.15) is 5.10 Å². The predicted octanol–water partition coefficient (Wildman–Crippen LogP) is 0.546. The van der Waals surface area contributed by atoms with Gasteiger partial charge in [-0.15, -0.1) is 0 Å². The van der Waals surface area contributed by atoms with E-state index >= 15 is 0 Å². The number of hydrogen-bond donors (Lipinski definition) is 0. The molecule has 0 saturated carbocycles. The summed E-state index contributed by atoms with van der Waals surface area (Å²) in [6.45, 7) is 2.74. The van der Waals surface area contributed by atoms with Crippen molar-refractivity contribution in [2.75, 3.05) is 37.7 Å². The fourth-order valence-electron chi connectivity index (χ4n) is 3.46. The Labute approximate surface area is 166 Å². The molecule has 1 aromatic carbocycles. The monoisotopic (exact) mass is 393 g/mol. The molecule has 29 heavy (non-hydrogen) atoms. The second-order valence-corrected chi connectivity index (χ2v) is 6.75. The number of amides is 1. The Hall–Kier alpha value is -3.69. The van der Waals surface area contributed by atoms with Crippen LogP contribution in [0.1, 0.15) is 0 Å². The topological polar surface area (TPSA) is 98.5 Å². The van der Waals surface area contributed by atoms with Gasteiger partial charge >= 0.3 is 0 Å². The number of carbonyl (C=O) groups excluding carboxylic acids is 1. The van der Waals surface area contributed by atoms with Crippen molar-refractivity contribution in [3.8, 4) is 17.3 Å². The zero-order chi connectivity index (χ0) is 19.6. The number of benzene rings is 1. The van der Waals surface area contributed by atoms with Crippen LogP contribution in [0.3, 0.4) is 0 Å². The number of anilines is 1. The maximum atomic E-state index is 12.9.